The smallest absolute Gasteiger partial charge is 0.144 e. The minimum absolute atomic E-state index is 0.277. The molecule has 0 bridgehead atoms. The molecule has 112 valence electrons. The molecule has 20 heavy (non-hydrogen) atoms. The number of benzene rings is 1. The largest absolute Gasteiger partial charge is 0.409 e. The van der Waals surface area contributed by atoms with E-state index in [0.29, 0.717) is 6.04 Å². The lowest BCUT2D eigenvalue weighted by Crippen LogP contribution is -2.35. The predicted molar refractivity (Wildman–Crippen MR) is 84.0 cm³/mol. The lowest BCUT2D eigenvalue weighted by Gasteiger charge is -2.24. The van der Waals surface area contributed by atoms with Gasteiger partial charge in [0.15, 0.2) is 0 Å². The average molecular weight is 277 g/mol. The van der Waals surface area contributed by atoms with E-state index in [1.165, 1.54) is 11.1 Å². The Morgan fingerprint density at radius 3 is 2.45 bits per heavy atom. The number of nitrogens with two attached hydrogens (primary N) is 1. The van der Waals surface area contributed by atoms with Crippen LogP contribution < -0.4 is 11.1 Å². The van der Waals surface area contributed by atoms with Gasteiger partial charge in [0.2, 0.25) is 0 Å². The quantitative estimate of drug-likeness (QED) is 0.310. The van der Waals surface area contributed by atoms with E-state index in [-0.39, 0.29) is 11.3 Å². The van der Waals surface area contributed by atoms with Crippen LogP contribution in [0.15, 0.2) is 29.4 Å². The van der Waals surface area contributed by atoms with Crippen LogP contribution in [-0.2, 0) is 6.42 Å². The summed E-state index contributed by atoms with van der Waals surface area (Å²) in [6, 6.07) is 8.99. The van der Waals surface area contributed by atoms with Crippen molar-refractivity contribution >= 4 is 5.84 Å². The number of rotatable bonds is 7. The highest BCUT2D eigenvalue weighted by Crippen LogP contribution is 2.20. The molecule has 0 aromatic heterocycles. The van der Waals surface area contributed by atoms with Crippen LogP contribution in [0.1, 0.15) is 51.3 Å². The van der Waals surface area contributed by atoms with Crippen molar-refractivity contribution in [3.63, 3.8) is 0 Å². The van der Waals surface area contributed by atoms with E-state index in [2.05, 4.69) is 48.6 Å². The first-order valence-corrected chi connectivity index (χ1v) is 7.21. The summed E-state index contributed by atoms with van der Waals surface area (Å²) in [7, 11) is 0. The lowest BCUT2D eigenvalue weighted by molar-refractivity contribution is 0.304. The van der Waals surface area contributed by atoms with Gasteiger partial charge in [-0.1, -0.05) is 50.2 Å². The van der Waals surface area contributed by atoms with Crippen molar-refractivity contribution in [2.45, 2.75) is 46.6 Å². The van der Waals surface area contributed by atoms with Crippen LogP contribution in [0.4, 0.5) is 0 Å². The first kappa shape index (κ1) is 16.5. The summed E-state index contributed by atoms with van der Waals surface area (Å²) in [5, 5.41) is 15.3. The zero-order valence-corrected chi connectivity index (χ0v) is 13.0. The summed E-state index contributed by atoms with van der Waals surface area (Å²) in [4.78, 5) is 0. The van der Waals surface area contributed by atoms with Gasteiger partial charge in [0.1, 0.15) is 5.84 Å². The topological polar surface area (TPSA) is 70.6 Å². The Morgan fingerprint density at radius 1 is 1.35 bits per heavy atom. The minimum atomic E-state index is -0.298. The van der Waals surface area contributed by atoms with Crippen molar-refractivity contribution in [3.8, 4) is 0 Å². The Kier molecular flexibility index (Phi) is 6.02. The second-order valence-electron chi connectivity index (χ2n) is 5.89. The number of hydrogen-bond acceptors (Lipinski definition) is 3. The summed E-state index contributed by atoms with van der Waals surface area (Å²) in [6.45, 7) is 9.08. The van der Waals surface area contributed by atoms with Gasteiger partial charge in [-0.3, -0.25) is 0 Å². The van der Waals surface area contributed by atoms with Crippen LogP contribution in [0.2, 0.25) is 0 Å². The molecule has 0 aliphatic carbocycles. The van der Waals surface area contributed by atoms with Gasteiger partial charge in [0.25, 0.3) is 0 Å². The minimum Gasteiger partial charge on any atom is -0.409 e. The molecule has 0 saturated heterocycles. The van der Waals surface area contributed by atoms with E-state index in [1.807, 2.05) is 13.8 Å². The zero-order valence-electron chi connectivity index (χ0n) is 13.0. The molecule has 0 aliphatic heterocycles. The summed E-state index contributed by atoms with van der Waals surface area (Å²) in [6.07, 6.45) is 1.89. The molecule has 0 saturated carbocycles. The maximum absolute atomic E-state index is 8.75. The van der Waals surface area contributed by atoms with E-state index in [1.54, 1.807) is 0 Å². The Balaban J connectivity index is 2.49. The van der Waals surface area contributed by atoms with Gasteiger partial charge in [-0.2, -0.15) is 0 Å². The van der Waals surface area contributed by atoms with E-state index in [4.69, 9.17) is 10.9 Å². The van der Waals surface area contributed by atoms with Crippen molar-refractivity contribution in [2.24, 2.45) is 16.3 Å². The summed E-state index contributed by atoms with van der Waals surface area (Å²) < 4.78 is 0. The van der Waals surface area contributed by atoms with Crippen molar-refractivity contribution in [3.05, 3.63) is 35.4 Å². The third-order valence-corrected chi connectivity index (χ3v) is 3.89. The maximum Gasteiger partial charge on any atom is 0.144 e. The van der Waals surface area contributed by atoms with Crippen molar-refractivity contribution in [1.82, 2.24) is 5.32 Å². The lowest BCUT2D eigenvalue weighted by atomic mass is 9.88. The number of oxime groups is 1. The number of hydrogen-bond donors (Lipinski definition) is 3. The Morgan fingerprint density at radius 2 is 1.95 bits per heavy atom. The van der Waals surface area contributed by atoms with Gasteiger partial charge in [-0.25, -0.2) is 0 Å². The number of amidine groups is 1. The molecule has 4 heteroatoms. The molecule has 0 fully saturated rings. The van der Waals surface area contributed by atoms with Gasteiger partial charge in [0.05, 0.1) is 0 Å². The highest BCUT2D eigenvalue weighted by atomic mass is 16.4. The fraction of sp³-hybridized carbons (Fsp3) is 0.562. The van der Waals surface area contributed by atoms with Crippen molar-refractivity contribution in [1.29, 1.82) is 0 Å². The first-order valence-electron chi connectivity index (χ1n) is 7.21. The number of nitrogens with zero attached hydrogens (tertiary/aromatic N) is 1. The molecule has 1 rings (SSSR count). The van der Waals surface area contributed by atoms with Crippen LogP contribution in [0.25, 0.3) is 0 Å². The van der Waals surface area contributed by atoms with Crippen LogP contribution in [0, 0.1) is 5.41 Å². The standard InChI is InChI=1S/C16H27N3O/c1-5-13-6-8-14(9-7-13)12(2)18-11-10-16(3,4)15(17)19-20/h6-9,12,18,20H,5,10-11H2,1-4H3,(H2,17,19). The third-order valence-electron chi connectivity index (χ3n) is 3.89. The SMILES string of the molecule is CCc1ccc(C(C)NCCC(C)(C)C(N)=NO)cc1. The zero-order chi connectivity index (χ0) is 15.2. The second-order valence-corrected chi connectivity index (χ2v) is 5.89. The molecule has 1 aromatic carbocycles. The van der Waals surface area contributed by atoms with Gasteiger partial charge in [-0.15, -0.1) is 0 Å². The van der Waals surface area contributed by atoms with E-state index >= 15 is 0 Å². The molecular weight excluding hydrogens is 250 g/mol. The predicted octanol–water partition coefficient (Wildman–Crippen LogP) is 3.06. The van der Waals surface area contributed by atoms with Crippen LogP contribution >= 0.6 is 0 Å². The van der Waals surface area contributed by atoms with Gasteiger partial charge >= 0.3 is 0 Å². The Bertz CT molecular complexity index is 438. The fourth-order valence-corrected chi connectivity index (χ4v) is 2.02. The first-order chi connectivity index (χ1) is 9.40. The molecule has 4 nitrogen and oxygen atoms in total. The van der Waals surface area contributed by atoms with Crippen molar-refractivity contribution in [2.75, 3.05) is 6.54 Å². The van der Waals surface area contributed by atoms with E-state index in [9.17, 15) is 0 Å². The van der Waals surface area contributed by atoms with E-state index in [0.717, 1.165) is 19.4 Å². The molecule has 1 unspecified atom stereocenters. The molecule has 4 N–H and O–H groups in total. The Hall–Kier alpha value is -1.55. The van der Waals surface area contributed by atoms with Crippen LogP contribution in [0.5, 0.6) is 0 Å². The molecule has 0 radical (unpaired) electrons. The highest BCUT2D eigenvalue weighted by molar-refractivity contribution is 5.85. The summed E-state index contributed by atoms with van der Waals surface area (Å²) in [5.74, 6) is 0.277. The average Bonchev–Trinajstić information content (AvgIpc) is 2.46. The van der Waals surface area contributed by atoms with Crippen LogP contribution in [-0.4, -0.2) is 17.6 Å². The fourth-order valence-electron chi connectivity index (χ4n) is 2.02. The normalized spacial score (nSPS) is 14.3. The molecule has 1 atom stereocenters. The summed E-state index contributed by atoms with van der Waals surface area (Å²) >= 11 is 0. The third kappa shape index (κ3) is 4.53. The number of aryl methyl sites for hydroxylation is 1. The second kappa shape index (κ2) is 7.29. The van der Waals surface area contributed by atoms with Gasteiger partial charge in [0, 0.05) is 11.5 Å². The monoisotopic (exact) mass is 277 g/mol. The molecule has 0 amide bonds. The summed E-state index contributed by atoms with van der Waals surface area (Å²) in [5.41, 5.74) is 8.02. The van der Waals surface area contributed by atoms with Gasteiger partial charge < -0.3 is 16.3 Å². The van der Waals surface area contributed by atoms with Crippen molar-refractivity contribution < 1.29 is 5.21 Å². The Labute approximate surface area is 122 Å². The molecule has 0 aliphatic rings. The van der Waals surface area contributed by atoms with Crippen LogP contribution in [0.3, 0.4) is 0 Å². The maximum atomic E-state index is 8.75. The highest BCUT2D eigenvalue weighted by Gasteiger charge is 2.23. The molecular formula is C16H27N3O. The molecule has 0 spiro atoms. The molecule has 0 heterocycles. The molecule has 1 aromatic rings. The van der Waals surface area contributed by atoms with Gasteiger partial charge in [-0.05, 0) is 37.4 Å². The number of nitrogens with one attached hydrogen (secondary N) is 1. The van der Waals surface area contributed by atoms with E-state index < -0.39 is 0 Å².